The Balaban J connectivity index is 1.58. The van der Waals surface area contributed by atoms with Gasteiger partial charge in [0.25, 0.3) is 0 Å². The SMILES string of the molecule is O=C(NCc1nnc2n1CCC2)Nc1ccccc1F. The lowest BCUT2D eigenvalue weighted by Crippen LogP contribution is -2.29. The summed E-state index contributed by atoms with van der Waals surface area (Å²) in [4.78, 5) is 11.7. The third kappa shape index (κ3) is 2.47. The van der Waals surface area contributed by atoms with Crippen molar-refractivity contribution in [3.05, 3.63) is 41.7 Å². The minimum atomic E-state index is -0.467. The highest BCUT2D eigenvalue weighted by Gasteiger charge is 2.17. The highest BCUT2D eigenvalue weighted by atomic mass is 19.1. The molecular formula is C13H14FN5O. The number of nitrogens with zero attached hydrogens (tertiary/aromatic N) is 3. The fourth-order valence-electron chi connectivity index (χ4n) is 2.23. The first-order chi connectivity index (χ1) is 9.74. The number of rotatable bonds is 3. The molecule has 20 heavy (non-hydrogen) atoms. The molecular weight excluding hydrogens is 261 g/mol. The van der Waals surface area contributed by atoms with Gasteiger partial charge in [0.05, 0.1) is 12.2 Å². The minimum Gasteiger partial charge on any atom is -0.331 e. The Morgan fingerprint density at radius 3 is 3.05 bits per heavy atom. The molecule has 0 spiro atoms. The summed E-state index contributed by atoms with van der Waals surface area (Å²) in [6.45, 7) is 1.15. The zero-order valence-electron chi connectivity index (χ0n) is 10.8. The van der Waals surface area contributed by atoms with E-state index < -0.39 is 11.8 Å². The van der Waals surface area contributed by atoms with E-state index in [4.69, 9.17) is 0 Å². The fourth-order valence-corrected chi connectivity index (χ4v) is 2.23. The summed E-state index contributed by atoms with van der Waals surface area (Å²) in [5, 5.41) is 13.2. The smallest absolute Gasteiger partial charge is 0.319 e. The number of carbonyl (C=O) groups is 1. The number of carbonyl (C=O) groups excluding carboxylic acids is 1. The molecule has 1 aromatic heterocycles. The first-order valence-corrected chi connectivity index (χ1v) is 6.44. The van der Waals surface area contributed by atoms with Crippen molar-refractivity contribution in [2.24, 2.45) is 0 Å². The lowest BCUT2D eigenvalue weighted by atomic mass is 10.3. The van der Waals surface area contributed by atoms with E-state index >= 15 is 0 Å². The highest BCUT2D eigenvalue weighted by Crippen LogP contribution is 2.14. The Bertz CT molecular complexity index is 639. The van der Waals surface area contributed by atoms with Crippen molar-refractivity contribution in [3.63, 3.8) is 0 Å². The van der Waals surface area contributed by atoms with Crippen molar-refractivity contribution in [3.8, 4) is 0 Å². The highest BCUT2D eigenvalue weighted by molar-refractivity contribution is 5.89. The van der Waals surface area contributed by atoms with Crippen LogP contribution in [-0.2, 0) is 19.5 Å². The van der Waals surface area contributed by atoms with Gasteiger partial charge in [0.15, 0.2) is 5.82 Å². The normalized spacial score (nSPS) is 13.1. The molecule has 1 aromatic carbocycles. The molecule has 0 unspecified atom stereocenters. The van der Waals surface area contributed by atoms with Gasteiger partial charge in [-0.1, -0.05) is 12.1 Å². The van der Waals surface area contributed by atoms with Crippen molar-refractivity contribution >= 4 is 11.7 Å². The fraction of sp³-hybridized carbons (Fsp3) is 0.308. The second-order valence-corrected chi connectivity index (χ2v) is 4.58. The molecule has 2 heterocycles. The summed E-state index contributed by atoms with van der Waals surface area (Å²) in [6, 6.07) is 5.55. The Kier molecular flexibility index (Phi) is 3.32. The van der Waals surface area contributed by atoms with E-state index in [2.05, 4.69) is 20.8 Å². The van der Waals surface area contributed by atoms with Crippen LogP contribution in [0.3, 0.4) is 0 Å². The zero-order chi connectivity index (χ0) is 13.9. The van der Waals surface area contributed by atoms with Gasteiger partial charge >= 0.3 is 6.03 Å². The number of fused-ring (bicyclic) bond motifs is 1. The van der Waals surface area contributed by atoms with Crippen LogP contribution in [0, 0.1) is 5.82 Å². The maximum Gasteiger partial charge on any atom is 0.319 e. The van der Waals surface area contributed by atoms with Crippen molar-refractivity contribution in [2.45, 2.75) is 25.9 Å². The molecule has 2 N–H and O–H groups in total. The van der Waals surface area contributed by atoms with Gasteiger partial charge in [-0.25, -0.2) is 9.18 Å². The number of hydrogen-bond acceptors (Lipinski definition) is 3. The minimum absolute atomic E-state index is 0.150. The lowest BCUT2D eigenvalue weighted by Gasteiger charge is -2.08. The van der Waals surface area contributed by atoms with Gasteiger partial charge in [-0.3, -0.25) is 0 Å². The standard InChI is InChI=1S/C13H14FN5O/c14-9-4-1-2-5-10(9)16-13(20)15-8-12-18-17-11-6-3-7-19(11)12/h1-2,4-5H,3,6-8H2,(H2,15,16,20). The monoisotopic (exact) mass is 275 g/mol. The molecule has 2 aromatic rings. The van der Waals surface area contributed by atoms with E-state index in [1.165, 1.54) is 12.1 Å². The average Bonchev–Trinajstić information content (AvgIpc) is 3.02. The summed E-state index contributed by atoms with van der Waals surface area (Å²) < 4.78 is 15.4. The van der Waals surface area contributed by atoms with Gasteiger partial charge in [-0.05, 0) is 18.6 Å². The van der Waals surface area contributed by atoms with Crippen LogP contribution >= 0.6 is 0 Å². The van der Waals surface area contributed by atoms with Gasteiger partial charge in [0.2, 0.25) is 0 Å². The first kappa shape index (κ1) is 12.6. The molecule has 1 aliphatic rings. The van der Waals surface area contributed by atoms with Gasteiger partial charge in [-0.15, -0.1) is 10.2 Å². The molecule has 0 bridgehead atoms. The number of aryl methyl sites for hydroxylation is 1. The van der Waals surface area contributed by atoms with Crippen LogP contribution in [0.2, 0.25) is 0 Å². The zero-order valence-corrected chi connectivity index (χ0v) is 10.8. The summed E-state index contributed by atoms with van der Waals surface area (Å²) in [6.07, 6.45) is 1.98. The van der Waals surface area contributed by atoms with Crippen LogP contribution in [0.1, 0.15) is 18.1 Å². The van der Waals surface area contributed by atoms with E-state index in [1.807, 2.05) is 4.57 Å². The van der Waals surface area contributed by atoms with Crippen LogP contribution in [0.15, 0.2) is 24.3 Å². The quantitative estimate of drug-likeness (QED) is 0.895. The molecule has 0 saturated carbocycles. The van der Waals surface area contributed by atoms with E-state index in [0.29, 0.717) is 0 Å². The number of para-hydroxylation sites is 1. The van der Waals surface area contributed by atoms with Crippen LogP contribution in [0.4, 0.5) is 14.9 Å². The number of nitrogens with one attached hydrogen (secondary N) is 2. The Hall–Kier alpha value is -2.44. The molecule has 1 aliphatic heterocycles. The van der Waals surface area contributed by atoms with Crippen molar-refractivity contribution in [1.29, 1.82) is 0 Å². The van der Waals surface area contributed by atoms with Crippen LogP contribution < -0.4 is 10.6 Å². The third-order valence-corrected chi connectivity index (χ3v) is 3.22. The first-order valence-electron chi connectivity index (χ1n) is 6.44. The molecule has 0 atom stereocenters. The average molecular weight is 275 g/mol. The number of benzene rings is 1. The molecule has 0 fully saturated rings. The van der Waals surface area contributed by atoms with E-state index in [9.17, 15) is 9.18 Å². The summed E-state index contributed by atoms with van der Waals surface area (Å²) >= 11 is 0. The largest absolute Gasteiger partial charge is 0.331 e. The summed E-state index contributed by atoms with van der Waals surface area (Å²) in [5.74, 6) is 1.21. The van der Waals surface area contributed by atoms with E-state index in [0.717, 1.165) is 31.0 Å². The topological polar surface area (TPSA) is 71.8 Å². The van der Waals surface area contributed by atoms with E-state index in [-0.39, 0.29) is 12.2 Å². The number of halogens is 1. The van der Waals surface area contributed by atoms with E-state index in [1.54, 1.807) is 12.1 Å². The summed E-state index contributed by atoms with van der Waals surface area (Å²) in [7, 11) is 0. The second kappa shape index (κ2) is 5.28. The van der Waals surface area contributed by atoms with Crippen LogP contribution in [0.5, 0.6) is 0 Å². The number of aromatic nitrogens is 3. The molecule has 6 nitrogen and oxygen atoms in total. The molecule has 0 aliphatic carbocycles. The predicted octanol–water partition coefficient (Wildman–Crippen LogP) is 1.69. The molecule has 0 saturated heterocycles. The third-order valence-electron chi connectivity index (χ3n) is 3.22. The molecule has 7 heteroatoms. The predicted molar refractivity (Wildman–Crippen MR) is 70.6 cm³/mol. The van der Waals surface area contributed by atoms with Crippen molar-refractivity contribution in [2.75, 3.05) is 5.32 Å². The van der Waals surface area contributed by atoms with Crippen molar-refractivity contribution < 1.29 is 9.18 Å². The number of hydrogen-bond donors (Lipinski definition) is 2. The number of anilines is 1. The molecule has 3 rings (SSSR count). The van der Waals surface area contributed by atoms with Gasteiger partial charge in [-0.2, -0.15) is 0 Å². The number of urea groups is 1. The second-order valence-electron chi connectivity index (χ2n) is 4.58. The van der Waals surface area contributed by atoms with Crippen LogP contribution in [-0.4, -0.2) is 20.8 Å². The Labute approximate surface area is 115 Å². The maximum absolute atomic E-state index is 13.4. The van der Waals surface area contributed by atoms with Gasteiger partial charge in [0, 0.05) is 13.0 Å². The number of amides is 2. The lowest BCUT2D eigenvalue weighted by molar-refractivity contribution is 0.251. The summed E-state index contributed by atoms with van der Waals surface area (Å²) in [5.41, 5.74) is 0.150. The molecule has 0 radical (unpaired) electrons. The van der Waals surface area contributed by atoms with Crippen molar-refractivity contribution in [1.82, 2.24) is 20.1 Å². The van der Waals surface area contributed by atoms with Crippen LogP contribution in [0.25, 0.3) is 0 Å². The van der Waals surface area contributed by atoms with Gasteiger partial charge in [0.1, 0.15) is 11.6 Å². The maximum atomic E-state index is 13.4. The Morgan fingerprint density at radius 1 is 1.35 bits per heavy atom. The Morgan fingerprint density at radius 2 is 2.20 bits per heavy atom. The molecule has 104 valence electrons. The molecule has 2 amide bonds. The van der Waals surface area contributed by atoms with Gasteiger partial charge < -0.3 is 15.2 Å².